The molecule has 0 saturated heterocycles. The van der Waals surface area contributed by atoms with Crippen LogP contribution in [-0.4, -0.2) is 25.7 Å². The molecule has 1 atom stereocenters. The zero-order valence-corrected chi connectivity index (χ0v) is 23.2. The van der Waals surface area contributed by atoms with Crippen molar-refractivity contribution in [3.63, 3.8) is 0 Å². The van der Waals surface area contributed by atoms with E-state index in [2.05, 4.69) is 18.5 Å². The molecule has 2 aromatic carbocycles. The Bertz CT molecular complexity index is 1360. The molecule has 9 heteroatoms. The summed E-state index contributed by atoms with van der Waals surface area (Å²) in [5.74, 6) is -1.27. The van der Waals surface area contributed by atoms with Gasteiger partial charge in [0.25, 0.3) is 5.91 Å². The van der Waals surface area contributed by atoms with Crippen molar-refractivity contribution < 1.29 is 27.1 Å². The molecule has 0 bridgehead atoms. The first kappa shape index (κ1) is 31.6. The zero-order valence-electron chi connectivity index (χ0n) is 23.2. The quantitative estimate of drug-likeness (QED) is 0.149. The predicted octanol–water partition coefficient (Wildman–Crippen LogP) is 7.52. The average Bonchev–Trinajstić information content (AvgIpc) is 3.78. The van der Waals surface area contributed by atoms with Crippen molar-refractivity contribution in [3.05, 3.63) is 120 Å². The van der Waals surface area contributed by atoms with Crippen molar-refractivity contribution in [2.75, 3.05) is 23.9 Å². The van der Waals surface area contributed by atoms with Crippen LogP contribution in [0.4, 0.5) is 28.9 Å². The number of anilines is 2. The molecule has 1 fully saturated rings. The predicted molar refractivity (Wildman–Crippen MR) is 156 cm³/mol. The Balaban J connectivity index is 1.99. The molecule has 5 nitrogen and oxygen atoms in total. The van der Waals surface area contributed by atoms with E-state index >= 15 is 0 Å². The summed E-state index contributed by atoms with van der Waals surface area (Å²) in [6.45, 7) is 9.51. The Morgan fingerprint density at radius 1 is 1.24 bits per heavy atom. The molecule has 0 radical (unpaired) electrons. The Morgan fingerprint density at radius 2 is 1.98 bits per heavy atom. The maximum Gasteiger partial charge on any atom is 0.415 e. The third-order valence-electron chi connectivity index (χ3n) is 6.56. The third kappa shape index (κ3) is 8.77. The lowest BCUT2D eigenvalue weighted by atomic mass is 9.99. The summed E-state index contributed by atoms with van der Waals surface area (Å²) in [6.07, 6.45) is 4.55. The van der Waals surface area contributed by atoms with Crippen LogP contribution in [0.2, 0.25) is 0 Å². The average molecular weight is 570 g/mol. The van der Waals surface area contributed by atoms with Crippen molar-refractivity contribution in [1.29, 1.82) is 0 Å². The molecule has 1 aliphatic carbocycles. The number of carbonyl (C=O) groups excluding carboxylic acids is 1. The molecule has 0 aromatic heterocycles. The highest BCUT2D eigenvalue weighted by molar-refractivity contribution is 6.06. The van der Waals surface area contributed by atoms with Gasteiger partial charge in [0.05, 0.1) is 17.9 Å². The topological polar surface area (TPSA) is 67.6 Å². The molecule has 0 aliphatic heterocycles. The van der Waals surface area contributed by atoms with Crippen LogP contribution in [0.25, 0.3) is 0 Å². The van der Waals surface area contributed by atoms with Crippen LogP contribution >= 0.6 is 0 Å². The molecular weight excluding hydrogens is 534 g/mol. The molecule has 41 heavy (non-hydrogen) atoms. The summed E-state index contributed by atoms with van der Waals surface area (Å²) in [5, 5.41) is 2.45. The number of ether oxygens (including phenoxy) is 1. The monoisotopic (exact) mass is 569 g/mol. The van der Waals surface area contributed by atoms with Gasteiger partial charge in [0.2, 0.25) is 0 Å². The van der Waals surface area contributed by atoms with E-state index in [-0.39, 0.29) is 12.2 Å². The van der Waals surface area contributed by atoms with Gasteiger partial charge in [-0.1, -0.05) is 55.7 Å². The van der Waals surface area contributed by atoms with Crippen molar-refractivity contribution in [2.45, 2.75) is 38.6 Å². The Labute approximate surface area is 238 Å². The van der Waals surface area contributed by atoms with Gasteiger partial charge in [0.15, 0.2) is 0 Å². The largest absolute Gasteiger partial charge is 0.415 e. The number of nitrogens with two attached hydrogens (primary N) is 1. The van der Waals surface area contributed by atoms with Crippen molar-refractivity contribution in [3.8, 4) is 0 Å². The van der Waals surface area contributed by atoms with Gasteiger partial charge < -0.3 is 20.7 Å². The van der Waals surface area contributed by atoms with E-state index in [0.29, 0.717) is 35.4 Å². The number of benzene rings is 2. The number of alkyl halides is 3. The summed E-state index contributed by atoms with van der Waals surface area (Å²) in [6, 6.07) is 10.8. The normalized spacial score (nSPS) is 15.1. The molecule has 1 aliphatic rings. The number of nitrogens with zero attached hydrogens (tertiary/aromatic N) is 1. The van der Waals surface area contributed by atoms with Gasteiger partial charge in [0.1, 0.15) is 17.6 Å². The van der Waals surface area contributed by atoms with E-state index in [0.717, 1.165) is 18.4 Å². The first-order chi connectivity index (χ1) is 19.5. The van der Waals surface area contributed by atoms with Gasteiger partial charge in [-0.2, -0.15) is 13.2 Å². The van der Waals surface area contributed by atoms with Gasteiger partial charge in [-0.15, -0.1) is 0 Å². The van der Waals surface area contributed by atoms with Gasteiger partial charge in [0, 0.05) is 19.3 Å². The van der Waals surface area contributed by atoms with Crippen LogP contribution in [0.1, 0.15) is 37.0 Å². The van der Waals surface area contributed by atoms with E-state index in [9.17, 15) is 22.4 Å². The maximum atomic E-state index is 15.0. The van der Waals surface area contributed by atoms with E-state index in [4.69, 9.17) is 10.5 Å². The molecule has 1 unspecified atom stereocenters. The minimum atomic E-state index is -4.77. The van der Waals surface area contributed by atoms with Crippen LogP contribution < -0.4 is 16.0 Å². The summed E-state index contributed by atoms with van der Waals surface area (Å²) < 4.78 is 61.4. The van der Waals surface area contributed by atoms with Gasteiger partial charge >= 0.3 is 6.18 Å². The van der Waals surface area contributed by atoms with E-state index in [1.54, 1.807) is 36.4 Å². The lowest BCUT2D eigenvalue weighted by molar-refractivity contribution is -0.113. The molecule has 1 saturated carbocycles. The molecule has 0 spiro atoms. The number of allylic oxidation sites excluding steroid dienone is 5. The summed E-state index contributed by atoms with van der Waals surface area (Å²) in [4.78, 5) is 14.7. The number of carbonyl (C=O) groups is 1. The summed E-state index contributed by atoms with van der Waals surface area (Å²) >= 11 is 0. The Kier molecular flexibility index (Phi) is 10.9. The number of amides is 1. The SMILES string of the molecule is C=C/C(=C\C=C/C)C(OCC1CC1)c1ccc(F)c(NC(=O)/C(=C/C(=C)C(F)(F)F)N(C)c2cccc(CN)c2)c1. The number of hydrogen-bond donors (Lipinski definition) is 2. The lowest BCUT2D eigenvalue weighted by Gasteiger charge is -2.24. The maximum absolute atomic E-state index is 15.0. The lowest BCUT2D eigenvalue weighted by Crippen LogP contribution is -2.29. The van der Waals surface area contributed by atoms with Crippen molar-refractivity contribution >= 4 is 17.3 Å². The minimum Gasteiger partial charge on any atom is -0.369 e. The van der Waals surface area contributed by atoms with E-state index in [1.807, 2.05) is 25.2 Å². The molecule has 3 rings (SSSR count). The van der Waals surface area contributed by atoms with Crippen LogP contribution in [0.5, 0.6) is 0 Å². The summed E-state index contributed by atoms with van der Waals surface area (Å²) in [5.41, 5.74) is 6.27. The van der Waals surface area contributed by atoms with Gasteiger partial charge in [-0.25, -0.2) is 4.39 Å². The van der Waals surface area contributed by atoms with Crippen LogP contribution in [0.3, 0.4) is 0 Å². The number of nitrogens with one attached hydrogen (secondary N) is 1. The van der Waals surface area contributed by atoms with Crippen LogP contribution in [0.15, 0.2) is 103 Å². The molecule has 0 heterocycles. The number of hydrogen-bond acceptors (Lipinski definition) is 4. The highest BCUT2D eigenvalue weighted by Crippen LogP contribution is 2.35. The van der Waals surface area contributed by atoms with Crippen LogP contribution in [0, 0.1) is 11.7 Å². The Hall–Kier alpha value is -3.95. The minimum absolute atomic E-state index is 0.194. The second-order valence-electron chi connectivity index (χ2n) is 9.73. The molecule has 3 N–H and O–H groups in total. The zero-order chi connectivity index (χ0) is 30.2. The second kappa shape index (κ2) is 14.1. The fraction of sp³-hybridized carbons (Fsp3) is 0.281. The van der Waals surface area contributed by atoms with Crippen LogP contribution in [-0.2, 0) is 16.1 Å². The number of likely N-dealkylation sites (N-methyl/N-ethyl adjacent to an activating group) is 1. The highest BCUT2D eigenvalue weighted by Gasteiger charge is 2.32. The number of rotatable bonds is 13. The number of halogens is 4. The van der Waals surface area contributed by atoms with Crippen molar-refractivity contribution in [1.82, 2.24) is 0 Å². The third-order valence-corrected chi connectivity index (χ3v) is 6.56. The molecule has 1 amide bonds. The fourth-order valence-corrected chi connectivity index (χ4v) is 3.95. The standard InChI is InChI=1S/C32H35F4N3O2/c1-5-7-10-24(6-2)30(41-20-22-12-13-22)25-14-15-27(33)28(18-25)38-31(40)29(16-21(3)32(34,35)36)39(4)26-11-8-9-23(17-26)19-37/h5-11,14-18,22,30H,2-3,12-13,19-20,37H2,1,4H3,(H,38,40)/b7-5-,24-10+,29-16-. The molecule has 218 valence electrons. The first-order valence-electron chi connectivity index (χ1n) is 13.2. The van der Waals surface area contributed by atoms with Gasteiger partial charge in [-0.3, -0.25) is 4.79 Å². The summed E-state index contributed by atoms with van der Waals surface area (Å²) in [7, 11) is 1.43. The molecular formula is C32H35F4N3O2. The first-order valence-corrected chi connectivity index (χ1v) is 13.2. The second-order valence-corrected chi connectivity index (χ2v) is 9.73. The fourth-order valence-electron chi connectivity index (χ4n) is 3.95. The van der Waals surface area contributed by atoms with E-state index in [1.165, 1.54) is 24.1 Å². The van der Waals surface area contributed by atoms with Crippen molar-refractivity contribution in [2.24, 2.45) is 11.7 Å². The Morgan fingerprint density at radius 3 is 2.59 bits per heavy atom. The smallest absolute Gasteiger partial charge is 0.369 e. The highest BCUT2D eigenvalue weighted by atomic mass is 19.4. The van der Waals surface area contributed by atoms with E-state index < -0.39 is 35.3 Å². The molecule has 2 aromatic rings. The van der Waals surface area contributed by atoms with Gasteiger partial charge in [-0.05, 0) is 72.7 Å².